The van der Waals surface area contributed by atoms with Crippen LogP contribution in [0.15, 0.2) is 11.6 Å². The molecule has 0 amide bonds. The number of piperidine rings is 1. The summed E-state index contributed by atoms with van der Waals surface area (Å²) in [6, 6.07) is -0.152. The molecule has 1 aliphatic heterocycles. The zero-order valence-electron chi connectivity index (χ0n) is 7.74. The highest BCUT2D eigenvalue weighted by Crippen LogP contribution is 2.30. The van der Waals surface area contributed by atoms with Crippen molar-refractivity contribution in [3.05, 3.63) is 11.6 Å². The van der Waals surface area contributed by atoms with Crippen molar-refractivity contribution in [3.63, 3.8) is 0 Å². The molecule has 2 rings (SSSR count). The number of hydrogen-bond donors (Lipinski definition) is 3. The van der Waals surface area contributed by atoms with Crippen LogP contribution < -0.4 is 5.32 Å². The molecule has 1 fully saturated rings. The molecule has 1 saturated heterocycles. The molecule has 2 aliphatic rings. The van der Waals surface area contributed by atoms with E-state index < -0.39 is 6.10 Å². The SMILES string of the molecule is OC[C@@H]1NCC2CCCC=C2C1O. The number of nitrogens with one attached hydrogen (secondary N) is 1. The predicted octanol–water partition coefficient (Wildman–Crippen LogP) is 0.0379. The standard InChI is InChI=1S/C10H17NO2/c12-6-9-10(13)8-4-2-1-3-7(8)5-11-9/h4,7,9-13H,1-3,5-6H2/t7?,9-,10?/m0/s1. The Morgan fingerprint density at radius 1 is 1.54 bits per heavy atom. The molecule has 13 heavy (non-hydrogen) atoms. The van der Waals surface area contributed by atoms with Crippen LogP contribution in [0.5, 0.6) is 0 Å². The summed E-state index contributed by atoms with van der Waals surface area (Å²) in [7, 11) is 0. The summed E-state index contributed by atoms with van der Waals surface area (Å²) in [5.41, 5.74) is 1.16. The van der Waals surface area contributed by atoms with Gasteiger partial charge in [0.2, 0.25) is 0 Å². The van der Waals surface area contributed by atoms with E-state index in [1.54, 1.807) is 0 Å². The maximum atomic E-state index is 9.87. The van der Waals surface area contributed by atoms with Gasteiger partial charge in [0.25, 0.3) is 0 Å². The van der Waals surface area contributed by atoms with E-state index in [0.717, 1.165) is 18.5 Å². The quantitative estimate of drug-likeness (QED) is 0.503. The van der Waals surface area contributed by atoms with Gasteiger partial charge in [0, 0.05) is 6.54 Å². The van der Waals surface area contributed by atoms with Crippen molar-refractivity contribution in [2.75, 3.05) is 13.2 Å². The fourth-order valence-electron chi connectivity index (χ4n) is 2.35. The van der Waals surface area contributed by atoms with Crippen molar-refractivity contribution < 1.29 is 10.2 Å². The molecule has 0 aromatic heterocycles. The van der Waals surface area contributed by atoms with Gasteiger partial charge in [0.05, 0.1) is 18.8 Å². The van der Waals surface area contributed by atoms with E-state index in [0.29, 0.717) is 5.92 Å². The second-order valence-electron chi connectivity index (χ2n) is 3.97. The average Bonchev–Trinajstić information content (AvgIpc) is 2.19. The molecule has 0 aromatic carbocycles. The molecule has 0 saturated carbocycles. The molecule has 3 N–H and O–H groups in total. The smallest absolute Gasteiger partial charge is 0.0928 e. The molecule has 1 heterocycles. The number of hydrogen-bond acceptors (Lipinski definition) is 3. The summed E-state index contributed by atoms with van der Waals surface area (Å²) in [6.07, 6.45) is 5.17. The third-order valence-electron chi connectivity index (χ3n) is 3.15. The number of allylic oxidation sites excluding steroid dienone is 1. The van der Waals surface area contributed by atoms with Crippen molar-refractivity contribution in [3.8, 4) is 0 Å². The Kier molecular flexibility index (Phi) is 2.67. The first-order valence-corrected chi connectivity index (χ1v) is 5.05. The van der Waals surface area contributed by atoms with Crippen molar-refractivity contribution in [2.24, 2.45) is 5.92 Å². The van der Waals surface area contributed by atoms with Crippen molar-refractivity contribution in [1.29, 1.82) is 0 Å². The van der Waals surface area contributed by atoms with E-state index in [-0.39, 0.29) is 12.6 Å². The van der Waals surface area contributed by atoms with Crippen LogP contribution >= 0.6 is 0 Å². The highest BCUT2D eigenvalue weighted by Gasteiger charge is 2.33. The lowest BCUT2D eigenvalue weighted by molar-refractivity contribution is 0.0835. The van der Waals surface area contributed by atoms with Gasteiger partial charge in [-0.25, -0.2) is 0 Å². The number of rotatable bonds is 1. The molecule has 0 spiro atoms. The number of aliphatic hydroxyl groups excluding tert-OH is 2. The third kappa shape index (κ3) is 1.64. The second-order valence-corrected chi connectivity index (χ2v) is 3.97. The maximum Gasteiger partial charge on any atom is 0.0928 e. The fourth-order valence-corrected chi connectivity index (χ4v) is 2.35. The van der Waals surface area contributed by atoms with Crippen molar-refractivity contribution in [1.82, 2.24) is 5.32 Å². The van der Waals surface area contributed by atoms with Gasteiger partial charge in [-0.3, -0.25) is 0 Å². The van der Waals surface area contributed by atoms with Crippen LogP contribution in [-0.4, -0.2) is 35.5 Å². The zero-order valence-corrected chi connectivity index (χ0v) is 7.74. The molecule has 3 heteroatoms. The lowest BCUT2D eigenvalue weighted by atomic mass is 9.79. The lowest BCUT2D eigenvalue weighted by Gasteiger charge is -2.38. The topological polar surface area (TPSA) is 52.5 Å². The van der Waals surface area contributed by atoms with Crippen molar-refractivity contribution >= 4 is 0 Å². The largest absolute Gasteiger partial charge is 0.395 e. The molecule has 0 bridgehead atoms. The molecular weight excluding hydrogens is 166 g/mol. The fraction of sp³-hybridized carbons (Fsp3) is 0.800. The molecular formula is C10H17NO2. The minimum Gasteiger partial charge on any atom is -0.395 e. The first-order chi connectivity index (χ1) is 6.33. The maximum absolute atomic E-state index is 9.87. The predicted molar refractivity (Wildman–Crippen MR) is 50.3 cm³/mol. The Morgan fingerprint density at radius 3 is 3.15 bits per heavy atom. The Morgan fingerprint density at radius 2 is 2.38 bits per heavy atom. The van der Waals surface area contributed by atoms with Crippen LogP contribution in [0.25, 0.3) is 0 Å². The number of aliphatic hydroxyl groups is 2. The summed E-state index contributed by atoms with van der Waals surface area (Å²) in [5.74, 6) is 0.506. The van der Waals surface area contributed by atoms with E-state index in [1.807, 2.05) is 0 Å². The van der Waals surface area contributed by atoms with E-state index in [2.05, 4.69) is 11.4 Å². The summed E-state index contributed by atoms with van der Waals surface area (Å²) in [4.78, 5) is 0. The highest BCUT2D eigenvalue weighted by atomic mass is 16.3. The Labute approximate surface area is 78.5 Å². The van der Waals surface area contributed by atoms with Gasteiger partial charge < -0.3 is 15.5 Å². The van der Waals surface area contributed by atoms with Gasteiger partial charge in [-0.1, -0.05) is 6.08 Å². The van der Waals surface area contributed by atoms with Crippen LogP contribution in [0.1, 0.15) is 19.3 Å². The van der Waals surface area contributed by atoms with Crippen LogP contribution in [0.3, 0.4) is 0 Å². The molecule has 74 valence electrons. The van der Waals surface area contributed by atoms with E-state index in [1.165, 1.54) is 12.8 Å². The summed E-state index contributed by atoms with van der Waals surface area (Å²) >= 11 is 0. The summed E-state index contributed by atoms with van der Waals surface area (Å²) in [6.45, 7) is 0.930. The monoisotopic (exact) mass is 183 g/mol. The lowest BCUT2D eigenvalue weighted by Crippen LogP contribution is -2.52. The van der Waals surface area contributed by atoms with Crippen molar-refractivity contribution in [2.45, 2.75) is 31.4 Å². The van der Waals surface area contributed by atoms with E-state index in [9.17, 15) is 5.11 Å². The first kappa shape index (κ1) is 9.19. The summed E-state index contributed by atoms with van der Waals surface area (Å²) in [5, 5.41) is 22.1. The van der Waals surface area contributed by atoms with Gasteiger partial charge >= 0.3 is 0 Å². The number of fused-ring (bicyclic) bond motifs is 1. The average molecular weight is 183 g/mol. The third-order valence-corrected chi connectivity index (χ3v) is 3.15. The Hall–Kier alpha value is -0.380. The van der Waals surface area contributed by atoms with Gasteiger partial charge in [0.1, 0.15) is 0 Å². The molecule has 3 nitrogen and oxygen atoms in total. The van der Waals surface area contributed by atoms with Gasteiger partial charge in [-0.05, 0) is 30.8 Å². The second kappa shape index (κ2) is 3.78. The molecule has 0 aromatic rings. The molecule has 2 unspecified atom stereocenters. The first-order valence-electron chi connectivity index (χ1n) is 5.05. The van der Waals surface area contributed by atoms with Crippen LogP contribution in [0, 0.1) is 5.92 Å². The highest BCUT2D eigenvalue weighted by molar-refractivity contribution is 5.20. The van der Waals surface area contributed by atoms with Crippen LogP contribution in [0.2, 0.25) is 0 Å². The minimum absolute atomic E-state index is 0.0191. The zero-order chi connectivity index (χ0) is 9.26. The van der Waals surface area contributed by atoms with E-state index >= 15 is 0 Å². The normalized spacial score (nSPS) is 39.5. The van der Waals surface area contributed by atoms with Crippen LogP contribution in [0.4, 0.5) is 0 Å². The van der Waals surface area contributed by atoms with Gasteiger partial charge in [-0.15, -0.1) is 0 Å². The molecule has 1 aliphatic carbocycles. The molecule has 3 atom stereocenters. The van der Waals surface area contributed by atoms with Crippen LogP contribution in [-0.2, 0) is 0 Å². The molecule has 0 radical (unpaired) electrons. The minimum atomic E-state index is -0.468. The van der Waals surface area contributed by atoms with E-state index in [4.69, 9.17) is 5.11 Å². The van der Waals surface area contributed by atoms with Gasteiger partial charge in [0.15, 0.2) is 0 Å². The Balaban J connectivity index is 2.13. The summed E-state index contributed by atoms with van der Waals surface area (Å²) < 4.78 is 0. The van der Waals surface area contributed by atoms with Gasteiger partial charge in [-0.2, -0.15) is 0 Å². The Bertz CT molecular complexity index is 215.